The lowest BCUT2D eigenvalue weighted by molar-refractivity contribution is -0.157. The summed E-state index contributed by atoms with van der Waals surface area (Å²) < 4.78 is 47.6. The average Bonchev–Trinajstić information content (AvgIpc) is 2.64. The van der Waals surface area contributed by atoms with Gasteiger partial charge in [-0.25, -0.2) is 0 Å². The molecule has 1 N–H and O–H groups in total. The Balaban J connectivity index is 2.58. The van der Waals surface area contributed by atoms with E-state index in [1.807, 2.05) is 18.2 Å². The van der Waals surface area contributed by atoms with Gasteiger partial charge >= 0.3 is 6.18 Å². The third-order valence-corrected chi connectivity index (χ3v) is 4.00. The fourth-order valence-corrected chi connectivity index (χ4v) is 2.47. The molecule has 0 unspecified atom stereocenters. The van der Waals surface area contributed by atoms with Gasteiger partial charge in [0.15, 0.2) is 17.5 Å². The summed E-state index contributed by atoms with van der Waals surface area (Å²) in [7, 11) is 7.56. The van der Waals surface area contributed by atoms with Gasteiger partial charge in [-0.15, -0.1) is 0 Å². The molecular weight excluding hydrogens is 377 g/mol. The highest BCUT2D eigenvalue weighted by Crippen LogP contribution is 2.27. The summed E-state index contributed by atoms with van der Waals surface area (Å²) >= 11 is 0. The number of alkyl halides is 3. The molecule has 0 aliphatic rings. The van der Waals surface area contributed by atoms with Crippen LogP contribution in [0.3, 0.4) is 0 Å². The molecule has 10 heteroatoms. The third kappa shape index (κ3) is 7.53. The number of amides is 1. The van der Waals surface area contributed by atoms with E-state index in [1.165, 1.54) is 0 Å². The normalized spacial score (nSPS) is 11.8. The summed E-state index contributed by atoms with van der Waals surface area (Å²) in [5.41, 5.74) is 1.01. The Kier molecular flexibility index (Phi) is 8.87. The van der Waals surface area contributed by atoms with Crippen LogP contribution >= 0.6 is 0 Å². The molecule has 1 rings (SSSR count). The minimum atomic E-state index is -4.43. The monoisotopic (exact) mass is 404 g/mol. The van der Waals surface area contributed by atoms with Crippen molar-refractivity contribution in [2.24, 2.45) is 4.99 Å². The average molecular weight is 404 g/mol. The van der Waals surface area contributed by atoms with Crippen molar-refractivity contribution in [3.63, 3.8) is 0 Å². The van der Waals surface area contributed by atoms with Crippen molar-refractivity contribution in [1.29, 1.82) is 0 Å². The van der Waals surface area contributed by atoms with Crippen LogP contribution in [-0.4, -0.2) is 82.8 Å². The molecule has 0 aliphatic carbocycles. The van der Waals surface area contributed by atoms with Gasteiger partial charge in [-0.2, -0.15) is 13.2 Å². The van der Waals surface area contributed by atoms with E-state index in [-0.39, 0.29) is 6.54 Å². The minimum Gasteiger partial charge on any atom is -0.493 e. The maximum absolute atomic E-state index is 12.4. The van der Waals surface area contributed by atoms with Crippen LogP contribution in [0.4, 0.5) is 13.2 Å². The second-order valence-corrected chi connectivity index (χ2v) is 6.13. The lowest BCUT2D eigenvalue weighted by Crippen LogP contribution is -2.46. The van der Waals surface area contributed by atoms with E-state index >= 15 is 0 Å². The molecule has 0 bridgehead atoms. The number of methoxy groups -OCH3 is 2. The molecule has 158 valence electrons. The molecule has 0 heterocycles. The quantitative estimate of drug-likeness (QED) is 0.529. The van der Waals surface area contributed by atoms with Gasteiger partial charge in [0.1, 0.15) is 6.54 Å². The van der Waals surface area contributed by atoms with Gasteiger partial charge < -0.3 is 24.6 Å². The largest absolute Gasteiger partial charge is 0.493 e. The zero-order valence-electron chi connectivity index (χ0n) is 16.8. The van der Waals surface area contributed by atoms with Gasteiger partial charge in [0.05, 0.1) is 20.8 Å². The van der Waals surface area contributed by atoms with Gasteiger partial charge in [0.25, 0.3) is 0 Å². The summed E-state index contributed by atoms with van der Waals surface area (Å²) in [5, 5.41) is 2.79. The highest BCUT2D eigenvalue weighted by atomic mass is 19.4. The molecule has 0 fully saturated rings. The number of guanidine groups is 1. The summed E-state index contributed by atoms with van der Waals surface area (Å²) in [5.74, 6) is 1.00. The van der Waals surface area contributed by atoms with E-state index < -0.39 is 18.6 Å². The maximum atomic E-state index is 12.4. The Morgan fingerprint density at radius 1 is 1.14 bits per heavy atom. The van der Waals surface area contributed by atoms with Crippen molar-refractivity contribution >= 4 is 11.9 Å². The highest BCUT2D eigenvalue weighted by molar-refractivity contribution is 5.86. The zero-order valence-corrected chi connectivity index (χ0v) is 16.8. The Labute approximate surface area is 163 Å². The molecule has 1 amide bonds. The van der Waals surface area contributed by atoms with Crippen molar-refractivity contribution in [3.8, 4) is 11.5 Å². The molecule has 7 nitrogen and oxygen atoms in total. The van der Waals surface area contributed by atoms with E-state index in [4.69, 9.17) is 9.47 Å². The summed E-state index contributed by atoms with van der Waals surface area (Å²) in [4.78, 5) is 18.3. The number of carbonyl (C=O) groups is 1. The summed E-state index contributed by atoms with van der Waals surface area (Å²) in [6.07, 6.45) is -3.76. The Hall–Kier alpha value is -2.65. The maximum Gasteiger partial charge on any atom is 0.406 e. The van der Waals surface area contributed by atoms with Crippen LogP contribution < -0.4 is 14.8 Å². The van der Waals surface area contributed by atoms with Crippen molar-refractivity contribution in [1.82, 2.24) is 15.1 Å². The SMILES string of the molecule is CN=C(NCC(=O)N(C)CC(F)(F)F)N(C)CCc1ccc(OC)c(OC)c1. The predicted octanol–water partition coefficient (Wildman–Crippen LogP) is 1.77. The number of hydrogen-bond donors (Lipinski definition) is 1. The molecule has 0 aromatic heterocycles. The Bertz CT molecular complexity index is 681. The first-order valence-corrected chi connectivity index (χ1v) is 8.54. The number of rotatable bonds is 8. The zero-order chi connectivity index (χ0) is 21.3. The van der Waals surface area contributed by atoms with Gasteiger partial charge in [-0.3, -0.25) is 9.79 Å². The van der Waals surface area contributed by atoms with Crippen LogP contribution in [0.25, 0.3) is 0 Å². The summed E-state index contributed by atoms with van der Waals surface area (Å²) in [6.45, 7) is -0.997. The fraction of sp³-hybridized carbons (Fsp3) is 0.556. The predicted molar refractivity (Wildman–Crippen MR) is 101 cm³/mol. The number of halogens is 3. The molecule has 1 aromatic carbocycles. The van der Waals surface area contributed by atoms with E-state index in [0.717, 1.165) is 12.6 Å². The first-order chi connectivity index (χ1) is 13.1. The Morgan fingerprint density at radius 2 is 1.79 bits per heavy atom. The van der Waals surface area contributed by atoms with Crippen molar-refractivity contribution in [2.45, 2.75) is 12.6 Å². The number of likely N-dealkylation sites (N-methyl/N-ethyl adjacent to an activating group) is 2. The van der Waals surface area contributed by atoms with Gasteiger partial charge in [0, 0.05) is 27.7 Å². The smallest absolute Gasteiger partial charge is 0.406 e. The van der Waals surface area contributed by atoms with Crippen LogP contribution in [0.1, 0.15) is 5.56 Å². The molecule has 28 heavy (non-hydrogen) atoms. The molecule has 1 aromatic rings. The lowest BCUT2D eigenvalue weighted by atomic mass is 10.1. The second-order valence-electron chi connectivity index (χ2n) is 6.13. The number of aliphatic imine (C=N–C) groups is 1. The highest BCUT2D eigenvalue weighted by Gasteiger charge is 2.31. The number of ether oxygens (including phenoxy) is 2. The van der Waals surface area contributed by atoms with Gasteiger partial charge in [0.2, 0.25) is 5.91 Å². The number of benzene rings is 1. The first-order valence-electron chi connectivity index (χ1n) is 8.54. The molecule has 0 saturated carbocycles. The van der Waals surface area contributed by atoms with Crippen LogP contribution in [0.15, 0.2) is 23.2 Å². The summed E-state index contributed by atoms with van der Waals surface area (Å²) in [6, 6.07) is 5.61. The van der Waals surface area contributed by atoms with E-state index in [1.54, 1.807) is 33.2 Å². The molecule has 0 spiro atoms. The number of carbonyl (C=O) groups excluding carboxylic acids is 1. The minimum absolute atomic E-state index is 0.278. The van der Waals surface area contributed by atoms with E-state index in [9.17, 15) is 18.0 Å². The van der Waals surface area contributed by atoms with Crippen molar-refractivity contribution in [3.05, 3.63) is 23.8 Å². The molecular formula is C18H27F3N4O3. The van der Waals surface area contributed by atoms with Gasteiger partial charge in [-0.1, -0.05) is 6.07 Å². The van der Waals surface area contributed by atoms with Crippen LogP contribution in [0.5, 0.6) is 11.5 Å². The van der Waals surface area contributed by atoms with Crippen molar-refractivity contribution in [2.75, 3.05) is 55.0 Å². The fourth-order valence-electron chi connectivity index (χ4n) is 2.47. The topological polar surface area (TPSA) is 66.4 Å². The number of nitrogens with one attached hydrogen (secondary N) is 1. The third-order valence-electron chi connectivity index (χ3n) is 4.00. The lowest BCUT2D eigenvalue weighted by Gasteiger charge is -2.24. The Morgan fingerprint density at radius 3 is 2.32 bits per heavy atom. The van der Waals surface area contributed by atoms with E-state index in [2.05, 4.69) is 10.3 Å². The number of nitrogens with zero attached hydrogens (tertiary/aromatic N) is 3. The van der Waals surface area contributed by atoms with Crippen LogP contribution in [0, 0.1) is 0 Å². The standard InChI is InChI=1S/C18H27F3N4O3/c1-22-17(23-11-16(26)25(3)12-18(19,20)21)24(2)9-8-13-6-7-14(27-4)15(10-13)28-5/h6-7,10H,8-9,11-12H2,1-5H3,(H,22,23). The van der Waals surface area contributed by atoms with Crippen molar-refractivity contribution < 1.29 is 27.4 Å². The molecule has 0 aliphatic heterocycles. The van der Waals surface area contributed by atoms with Crippen LogP contribution in [-0.2, 0) is 11.2 Å². The molecule has 0 radical (unpaired) electrons. The van der Waals surface area contributed by atoms with E-state index in [0.29, 0.717) is 35.3 Å². The molecule has 0 atom stereocenters. The van der Waals surface area contributed by atoms with Crippen LogP contribution in [0.2, 0.25) is 0 Å². The number of hydrogen-bond acceptors (Lipinski definition) is 4. The molecule has 0 saturated heterocycles. The van der Waals surface area contributed by atoms with Gasteiger partial charge in [-0.05, 0) is 24.1 Å². The second kappa shape index (κ2) is 10.6. The first kappa shape index (κ1) is 23.4.